The van der Waals surface area contributed by atoms with Crippen molar-refractivity contribution in [1.29, 1.82) is 0 Å². The van der Waals surface area contributed by atoms with Crippen molar-refractivity contribution < 1.29 is 19.2 Å². The van der Waals surface area contributed by atoms with Gasteiger partial charge in [0.25, 0.3) is 5.91 Å². The van der Waals surface area contributed by atoms with Crippen molar-refractivity contribution in [2.24, 2.45) is 0 Å². The first kappa shape index (κ1) is 21.0. The number of hydrogen-bond donors (Lipinski definition) is 3. The van der Waals surface area contributed by atoms with E-state index in [0.29, 0.717) is 5.56 Å². The minimum atomic E-state index is -0.238. The summed E-state index contributed by atoms with van der Waals surface area (Å²) in [5.74, 6) is -0.429. The SMILES string of the molecule is Cc1ccc(C(=O)NCC(=O)N[C@@H](C[NH+]2CCOCC2)c2ccccc2)cc1C. The lowest BCUT2D eigenvalue weighted by Gasteiger charge is -2.28. The van der Waals surface area contributed by atoms with Gasteiger partial charge < -0.3 is 20.3 Å². The summed E-state index contributed by atoms with van der Waals surface area (Å²) >= 11 is 0. The van der Waals surface area contributed by atoms with E-state index in [1.807, 2.05) is 56.3 Å². The maximum absolute atomic E-state index is 12.6. The maximum Gasteiger partial charge on any atom is 0.251 e. The van der Waals surface area contributed by atoms with Crippen LogP contribution < -0.4 is 15.5 Å². The van der Waals surface area contributed by atoms with Gasteiger partial charge in [-0.3, -0.25) is 9.59 Å². The van der Waals surface area contributed by atoms with Gasteiger partial charge in [-0.1, -0.05) is 36.4 Å². The van der Waals surface area contributed by atoms with Crippen molar-refractivity contribution >= 4 is 11.8 Å². The second kappa shape index (κ2) is 10.2. The molecule has 1 saturated heterocycles. The van der Waals surface area contributed by atoms with Crippen LogP contribution in [0.4, 0.5) is 0 Å². The molecule has 1 aliphatic rings. The van der Waals surface area contributed by atoms with Crippen molar-refractivity contribution in [2.75, 3.05) is 39.4 Å². The van der Waals surface area contributed by atoms with E-state index in [4.69, 9.17) is 4.74 Å². The molecule has 2 aromatic carbocycles. The lowest BCUT2D eigenvalue weighted by Crippen LogP contribution is -3.14. The number of amides is 2. The maximum atomic E-state index is 12.6. The molecule has 1 heterocycles. The van der Waals surface area contributed by atoms with Gasteiger partial charge in [-0.2, -0.15) is 0 Å². The Morgan fingerprint density at radius 2 is 1.76 bits per heavy atom. The average molecular weight is 397 g/mol. The Morgan fingerprint density at radius 1 is 1.03 bits per heavy atom. The average Bonchev–Trinajstić information content (AvgIpc) is 2.75. The van der Waals surface area contributed by atoms with E-state index < -0.39 is 0 Å². The molecule has 0 unspecified atom stereocenters. The molecule has 0 saturated carbocycles. The normalized spacial score (nSPS) is 15.5. The second-order valence-corrected chi connectivity index (χ2v) is 7.58. The number of ether oxygens (including phenoxy) is 1. The monoisotopic (exact) mass is 396 g/mol. The number of quaternary nitrogens is 1. The Morgan fingerprint density at radius 3 is 2.45 bits per heavy atom. The molecule has 0 radical (unpaired) electrons. The standard InChI is InChI=1S/C23H29N3O3/c1-17-8-9-20(14-18(17)2)23(28)24-15-22(27)25-21(19-6-4-3-5-7-19)16-26-10-12-29-13-11-26/h3-9,14,21H,10-13,15-16H2,1-2H3,(H,24,28)(H,25,27)/p+1/t21-/m0/s1. The van der Waals surface area contributed by atoms with Crippen molar-refractivity contribution in [3.63, 3.8) is 0 Å². The number of carbonyl (C=O) groups is 2. The molecule has 0 aliphatic carbocycles. The lowest BCUT2D eigenvalue weighted by atomic mass is 10.1. The molecule has 1 fully saturated rings. The highest BCUT2D eigenvalue weighted by molar-refractivity contribution is 5.96. The van der Waals surface area contributed by atoms with Crippen LogP contribution >= 0.6 is 0 Å². The Hall–Kier alpha value is -2.70. The van der Waals surface area contributed by atoms with Gasteiger partial charge in [-0.25, -0.2) is 0 Å². The fraction of sp³-hybridized carbons (Fsp3) is 0.391. The highest BCUT2D eigenvalue weighted by Crippen LogP contribution is 2.11. The second-order valence-electron chi connectivity index (χ2n) is 7.58. The zero-order chi connectivity index (χ0) is 20.6. The van der Waals surface area contributed by atoms with Gasteiger partial charge in [0.15, 0.2) is 0 Å². The smallest absolute Gasteiger partial charge is 0.251 e. The summed E-state index contributed by atoms with van der Waals surface area (Å²) < 4.78 is 5.44. The van der Waals surface area contributed by atoms with Crippen LogP contribution in [0.3, 0.4) is 0 Å². The molecular weight excluding hydrogens is 366 g/mol. The van der Waals surface area contributed by atoms with Crippen molar-refractivity contribution in [3.8, 4) is 0 Å². The summed E-state index contributed by atoms with van der Waals surface area (Å²) in [6, 6.07) is 15.4. The molecule has 0 spiro atoms. The molecular formula is C23H30N3O3+. The van der Waals surface area contributed by atoms with Crippen LogP contribution in [0.2, 0.25) is 0 Å². The first-order valence-corrected chi connectivity index (χ1v) is 10.1. The summed E-state index contributed by atoms with van der Waals surface area (Å²) in [5, 5.41) is 5.82. The van der Waals surface area contributed by atoms with E-state index in [1.54, 1.807) is 6.07 Å². The first-order valence-electron chi connectivity index (χ1n) is 10.1. The highest BCUT2D eigenvalue weighted by atomic mass is 16.5. The fourth-order valence-corrected chi connectivity index (χ4v) is 3.48. The number of aryl methyl sites for hydroxylation is 2. The highest BCUT2D eigenvalue weighted by Gasteiger charge is 2.23. The molecule has 3 N–H and O–H groups in total. The van der Waals surface area contributed by atoms with Crippen molar-refractivity contribution in [3.05, 3.63) is 70.8 Å². The van der Waals surface area contributed by atoms with Gasteiger partial charge in [-0.15, -0.1) is 0 Å². The van der Waals surface area contributed by atoms with Crippen molar-refractivity contribution in [1.82, 2.24) is 10.6 Å². The molecule has 0 bridgehead atoms. The van der Waals surface area contributed by atoms with Gasteiger partial charge in [0.05, 0.1) is 19.8 Å². The van der Waals surface area contributed by atoms with Gasteiger partial charge in [-0.05, 0) is 42.7 Å². The third-order valence-corrected chi connectivity index (χ3v) is 5.41. The minimum absolute atomic E-state index is 0.0481. The van der Waals surface area contributed by atoms with E-state index in [0.717, 1.165) is 49.5 Å². The molecule has 6 heteroatoms. The molecule has 0 aromatic heterocycles. The van der Waals surface area contributed by atoms with Gasteiger partial charge in [0.1, 0.15) is 25.7 Å². The largest absolute Gasteiger partial charge is 0.370 e. The number of nitrogens with one attached hydrogen (secondary N) is 3. The lowest BCUT2D eigenvalue weighted by molar-refractivity contribution is -0.909. The molecule has 2 amide bonds. The Labute approximate surface area is 172 Å². The summed E-state index contributed by atoms with van der Waals surface area (Å²) in [4.78, 5) is 26.3. The van der Waals surface area contributed by atoms with E-state index in [9.17, 15) is 9.59 Å². The number of morpholine rings is 1. The van der Waals surface area contributed by atoms with Crippen LogP contribution in [0.5, 0.6) is 0 Å². The Balaban J connectivity index is 1.58. The summed E-state index contributed by atoms with van der Waals surface area (Å²) in [6.07, 6.45) is 0. The number of benzene rings is 2. The summed E-state index contributed by atoms with van der Waals surface area (Å²) in [5.41, 5.74) is 3.83. The number of carbonyl (C=O) groups excluding carboxylic acids is 2. The topological polar surface area (TPSA) is 71.9 Å². The summed E-state index contributed by atoms with van der Waals surface area (Å²) in [6.45, 7) is 8.08. The van der Waals surface area contributed by atoms with E-state index >= 15 is 0 Å². The van der Waals surface area contributed by atoms with Crippen LogP contribution in [0.15, 0.2) is 48.5 Å². The summed E-state index contributed by atoms with van der Waals surface area (Å²) in [7, 11) is 0. The van der Waals surface area contributed by atoms with Gasteiger partial charge in [0.2, 0.25) is 5.91 Å². The molecule has 3 rings (SSSR count). The van der Waals surface area contributed by atoms with Crippen LogP contribution in [0.25, 0.3) is 0 Å². The predicted octanol–water partition coefficient (Wildman–Crippen LogP) is 0.806. The zero-order valence-electron chi connectivity index (χ0n) is 17.2. The van der Waals surface area contributed by atoms with Gasteiger partial charge >= 0.3 is 0 Å². The minimum Gasteiger partial charge on any atom is -0.370 e. The number of hydrogen-bond acceptors (Lipinski definition) is 3. The zero-order valence-corrected chi connectivity index (χ0v) is 17.2. The first-order chi connectivity index (χ1) is 14.0. The Bertz CT molecular complexity index is 833. The predicted molar refractivity (Wildman–Crippen MR) is 112 cm³/mol. The molecule has 2 aromatic rings. The van der Waals surface area contributed by atoms with Crippen LogP contribution in [0, 0.1) is 13.8 Å². The van der Waals surface area contributed by atoms with E-state index in [-0.39, 0.29) is 24.4 Å². The molecule has 1 aliphatic heterocycles. The molecule has 154 valence electrons. The van der Waals surface area contributed by atoms with Gasteiger partial charge in [0, 0.05) is 5.56 Å². The number of rotatable bonds is 7. The molecule has 1 atom stereocenters. The molecule has 29 heavy (non-hydrogen) atoms. The van der Waals surface area contributed by atoms with Crippen molar-refractivity contribution in [2.45, 2.75) is 19.9 Å². The van der Waals surface area contributed by atoms with Crippen LogP contribution in [0.1, 0.15) is 33.1 Å². The van der Waals surface area contributed by atoms with Crippen LogP contribution in [-0.2, 0) is 9.53 Å². The third kappa shape index (κ3) is 6.14. The molecule has 6 nitrogen and oxygen atoms in total. The third-order valence-electron chi connectivity index (χ3n) is 5.41. The quantitative estimate of drug-likeness (QED) is 0.649. The fourth-order valence-electron chi connectivity index (χ4n) is 3.48. The van der Waals surface area contributed by atoms with E-state index in [1.165, 1.54) is 4.90 Å². The van der Waals surface area contributed by atoms with Crippen LogP contribution in [-0.4, -0.2) is 51.2 Å². The Kier molecular flexibility index (Phi) is 7.38. The van der Waals surface area contributed by atoms with E-state index in [2.05, 4.69) is 10.6 Å².